The van der Waals surface area contributed by atoms with E-state index in [-0.39, 0.29) is 18.3 Å². The maximum atomic E-state index is 10.9. The monoisotopic (exact) mass is 180 g/mol. The van der Waals surface area contributed by atoms with Crippen molar-refractivity contribution in [3.05, 3.63) is 29.3 Å². The third-order valence-corrected chi connectivity index (χ3v) is 1.67. The second-order valence-electron chi connectivity index (χ2n) is 2.42. The van der Waals surface area contributed by atoms with Crippen molar-refractivity contribution in [2.24, 2.45) is 0 Å². The number of cyclic esters (lactones) is 1. The van der Waals surface area contributed by atoms with Crippen molar-refractivity contribution in [1.29, 1.82) is 0 Å². The van der Waals surface area contributed by atoms with E-state index in [1.54, 1.807) is 12.1 Å². The van der Waals surface area contributed by atoms with Gasteiger partial charge < -0.3 is 9.84 Å². The van der Waals surface area contributed by atoms with Gasteiger partial charge in [-0.1, -0.05) is 13.8 Å². The number of aromatic hydroxyl groups is 1. The zero-order valence-corrected chi connectivity index (χ0v) is 7.70. The van der Waals surface area contributed by atoms with Crippen LogP contribution in [0.1, 0.15) is 29.8 Å². The molecule has 0 aromatic heterocycles. The van der Waals surface area contributed by atoms with Gasteiger partial charge in [-0.2, -0.15) is 0 Å². The van der Waals surface area contributed by atoms with Crippen molar-refractivity contribution >= 4 is 5.97 Å². The van der Waals surface area contributed by atoms with E-state index in [0.717, 1.165) is 5.56 Å². The molecular formula is C10H12O3. The normalized spacial score (nSPS) is 12.6. The fourth-order valence-corrected chi connectivity index (χ4v) is 1.12. The van der Waals surface area contributed by atoms with Gasteiger partial charge in [0.1, 0.15) is 12.4 Å². The van der Waals surface area contributed by atoms with Gasteiger partial charge in [0.25, 0.3) is 0 Å². The third kappa shape index (κ3) is 1.80. The van der Waals surface area contributed by atoms with Crippen LogP contribution in [-0.2, 0) is 11.3 Å². The Balaban J connectivity index is 0.000000396. The van der Waals surface area contributed by atoms with E-state index in [2.05, 4.69) is 0 Å². The highest BCUT2D eigenvalue weighted by atomic mass is 16.5. The maximum Gasteiger partial charge on any atom is 0.338 e. The topological polar surface area (TPSA) is 46.5 Å². The predicted octanol–water partition coefficient (Wildman–Crippen LogP) is 2.09. The number of benzene rings is 1. The molecule has 3 heteroatoms. The molecule has 1 aliphatic heterocycles. The van der Waals surface area contributed by atoms with Crippen LogP contribution < -0.4 is 0 Å². The van der Waals surface area contributed by atoms with Gasteiger partial charge in [-0.15, -0.1) is 0 Å². The molecule has 70 valence electrons. The molecule has 0 unspecified atom stereocenters. The van der Waals surface area contributed by atoms with E-state index in [9.17, 15) is 4.79 Å². The van der Waals surface area contributed by atoms with Crippen LogP contribution in [-0.4, -0.2) is 11.1 Å². The molecule has 0 spiro atoms. The second kappa shape index (κ2) is 3.94. The lowest BCUT2D eigenvalue weighted by Gasteiger charge is -1.93. The molecule has 1 aromatic rings. The summed E-state index contributed by atoms with van der Waals surface area (Å²) in [7, 11) is 0. The number of phenols is 1. The molecule has 0 atom stereocenters. The minimum absolute atomic E-state index is 0.169. The second-order valence-corrected chi connectivity index (χ2v) is 2.42. The Bertz CT molecular complexity index is 318. The van der Waals surface area contributed by atoms with Crippen LogP contribution in [0.4, 0.5) is 0 Å². The Morgan fingerprint density at radius 1 is 1.38 bits per heavy atom. The van der Waals surface area contributed by atoms with Crippen molar-refractivity contribution in [3.63, 3.8) is 0 Å². The third-order valence-electron chi connectivity index (χ3n) is 1.67. The number of esters is 1. The SMILES string of the molecule is CC.O=C1OCc2cc(O)ccc21. The summed E-state index contributed by atoms with van der Waals surface area (Å²) in [6.45, 7) is 4.28. The molecule has 0 aliphatic carbocycles. The molecule has 1 aliphatic rings. The molecule has 1 N–H and O–H groups in total. The number of phenolic OH excluding ortho intramolecular Hbond substituents is 1. The molecule has 3 nitrogen and oxygen atoms in total. The molecule has 2 rings (SSSR count). The predicted molar refractivity (Wildman–Crippen MR) is 48.6 cm³/mol. The Morgan fingerprint density at radius 3 is 2.77 bits per heavy atom. The highest BCUT2D eigenvalue weighted by Crippen LogP contribution is 2.23. The van der Waals surface area contributed by atoms with Crippen LogP contribution in [0.25, 0.3) is 0 Å². The first-order chi connectivity index (χ1) is 6.27. The standard InChI is InChI=1S/C8H6O3.C2H6/c9-6-1-2-7-5(3-6)4-11-8(7)10;1-2/h1-3,9H,4H2;1-2H3. The molecule has 13 heavy (non-hydrogen) atoms. The maximum absolute atomic E-state index is 10.9. The zero-order chi connectivity index (χ0) is 9.84. The summed E-state index contributed by atoms with van der Waals surface area (Å²) in [6.07, 6.45) is 0. The average molecular weight is 180 g/mol. The number of ether oxygens (including phenoxy) is 1. The molecule has 1 heterocycles. The van der Waals surface area contributed by atoms with Crippen LogP contribution in [0, 0.1) is 0 Å². The number of carbonyl (C=O) groups excluding carboxylic acids is 1. The quantitative estimate of drug-likeness (QED) is 0.622. The number of hydrogen-bond acceptors (Lipinski definition) is 3. The van der Waals surface area contributed by atoms with Gasteiger partial charge in [-0.3, -0.25) is 0 Å². The number of rotatable bonds is 0. The zero-order valence-electron chi connectivity index (χ0n) is 7.70. The fourth-order valence-electron chi connectivity index (χ4n) is 1.12. The van der Waals surface area contributed by atoms with E-state index < -0.39 is 0 Å². The summed E-state index contributed by atoms with van der Waals surface area (Å²) in [5.74, 6) is -0.137. The molecule has 0 bridgehead atoms. The Morgan fingerprint density at radius 2 is 2.08 bits per heavy atom. The summed E-state index contributed by atoms with van der Waals surface area (Å²) < 4.78 is 4.73. The summed E-state index contributed by atoms with van der Waals surface area (Å²) in [4.78, 5) is 10.9. The van der Waals surface area contributed by atoms with Gasteiger partial charge in [-0.25, -0.2) is 4.79 Å². The van der Waals surface area contributed by atoms with Gasteiger partial charge in [0.15, 0.2) is 0 Å². The molecule has 0 radical (unpaired) electrons. The van der Waals surface area contributed by atoms with Crippen molar-refractivity contribution in [2.75, 3.05) is 0 Å². The van der Waals surface area contributed by atoms with Gasteiger partial charge in [-0.05, 0) is 18.2 Å². The first-order valence-electron chi connectivity index (χ1n) is 4.26. The van der Waals surface area contributed by atoms with Crippen LogP contribution >= 0.6 is 0 Å². The number of hydrogen-bond donors (Lipinski definition) is 1. The molecule has 0 fully saturated rings. The van der Waals surface area contributed by atoms with Crippen molar-refractivity contribution in [3.8, 4) is 5.75 Å². The van der Waals surface area contributed by atoms with Crippen LogP contribution in [0.5, 0.6) is 5.75 Å². The van der Waals surface area contributed by atoms with E-state index >= 15 is 0 Å². The first-order valence-corrected chi connectivity index (χ1v) is 4.26. The average Bonchev–Trinajstić information content (AvgIpc) is 2.51. The highest BCUT2D eigenvalue weighted by molar-refractivity contribution is 5.93. The van der Waals surface area contributed by atoms with E-state index in [0.29, 0.717) is 5.56 Å². The van der Waals surface area contributed by atoms with Crippen molar-refractivity contribution in [1.82, 2.24) is 0 Å². The minimum atomic E-state index is -0.306. The number of carbonyl (C=O) groups is 1. The molecular weight excluding hydrogens is 168 g/mol. The van der Waals surface area contributed by atoms with Crippen molar-refractivity contribution < 1.29 is 14.6 Å². The van der Waals surface area contributed by atoms with E-state index in [1.807, 2.05) is 13.8 Å². The lowest BCUT2D eigenvalue weighted by Crippen LogP contribution is -1.92. The Labute approximate surface area is 77.0 Å². The molecule has 0 saturated carbocycles. The van der Waals surface area contributed by atoms with Gasteiger partial charge in [0.2, 0.25) is 0 Å². The molecule has 0 saturated heterocycles. The molecule has 0 amide bonds. The summed E-state index contributed by atoms with van der Waals surface area (Å²) in [6, 6.07) is 4.59. The summed E-state index contributed by atoms with van der Waals surface area (Å²) in [5, 5.41) is 9.02. The summed E-state index contributed by atoms with van der Waals surface area (Å²) in [5.41, 5.74) is 1.32. The van der Waals surface area contributed by atoms with Crippen LogP contribution in [0.2, 0.25) is 0 Å². The van der Waals surface area contributed by atoms with Gasteiger partial charge >= 0.3 is 5.97 Å². The van der Waals surface area contributed by atoms with Crippen LogP contribution in [0.3, 0.4) is 0 Å². The van der Waals surface area contributed by atoms with Crippen LogP contribution in [0.15, 0.2) is 18.2 Å². The fraction of sp³-hybridized carbons (Fsp3) is 0.300. The highest BCUT2D eigenvalue weighted by Gasteiger charge is 2.20. The Hall–Kier alpha value is -1.51. The summed E-state index contributed by atoms with van der Waals surface area (Å²) >= 11 is 0. The molecule has 1 aromatic carbocycles. The minimum Gasteiger partial charge on any atom is -0.508 e. The van der Waals surface area contributed by atoms with E-state index in [4.69, 9.17) is 9.84 Å². The first kappa shape index (κ1) is 9.58. The van der Waals surface area contributed by atoms with Gasteiger partial charge in [0, 0.05) is 5.56 Å². The Kier molecular flexibility index (Phi) is 2.90. The lowest BCUT2D eigenvalue weighted by atomic mass is 10.1. The largest absolute Gasteiger partial charge is 0.508 e. The lowest BCUT2D eigenvalue weighted by molar-refractivity contribution is 0.0535. The van der Waals surface area contributed by atoms with Crippen molar-refractivity contribution in [2.45, 2.75) is 20.5 Å². The smallest absolute Gasteiger partial charge is 0.338 e. The van der Waals surface area contributed by atoms with Gasteiger partial charge in [0.05, 0.1) is 5.56 Å². The number of fused-ring (bicyclic) bond motifs is 1. The van der Waals surface area contributed by atoms with E-state index in [1.165, 1.54) is 6.07 Å².